The maximum absolute atomic E-state index is 12.5. The Bertz CT molecular complexity index is 1200. The van der Waals surface area contributed by atoms with Crippen LogP contribution < -0.4 is 10.9 Å². The Morgan fingerprint density at radius 2 is 1.79 bits per heavy atom. The standard InChI is InChI=1S/C21H17N5O2S/c1-29-21-22-11-12-26(21)16-7-4-6-15(13-16)19(27)24-25-20(28)18-10-9-14-5-2-3-8-17(14)23-18/h2-13H,1H3,(H,24,27)(H,25,28). The number of benzene rings is 2. The Kier molecular flexibility index (Phi) is 5.26. The van der Waals surface area contributed by atoms with Crippen LogP contribution in [-0.4, -0.2) is 32.6 Å². The van der Waals surface area contributed by atoms with Crippen molar-refractivity contribution < 1.29 is 9.59 Å². The molecule has 0 saturated heterocycles. The fourth-order valence-electron chi connectivity index (χ4n) is 2.88. The molecule has 2 aromatic heterocycles. The van der Waals surface area contributed by atoms with E-state index >= 15 is 0 Å². The first kappa shape index (κ1) is 18.7. The maximum atomic E-state index is 12.5. The van der Waals surface area contributed by atoms with Crippen LogP contribution in [0.15, 0.2) is 78.2 Å². The summed E-state index contributed by atoms with van der Waals surface area (Å²) in [5.74, 6) is -0.911. The van der Waals surface area contributed by atoms with Crippen LogP contribution >= 0.6 is 11.8 Å². The number of rotatable bonds is 4. The van der Waals surface area contributed by atoms with E-state index in [2.05, 4.69) is 20.8 Å². The van der Waals surface area contributed by atoms with E-state index < -0.39 is 11.8 Å². The topological polar surface area (TPSA) is 88.9 Å². The number of imidazole rings is 1. The molecule has 29 heavy (non-hydrogen) atoms. The summed E-state index contributed by atoms with van der Waals surface area (Å²) >= 11 is 1.51. The van der Waals surface area contributed by atoms with Crippen LogP contribution in [0.2, 0.25) is 0 Å². The molecule has 2 heterocycles. The van der Waals surface area contributed by atoms with Gasteiger partial charge in [-0.05, 0) is 36.6 Å². The summed E-state index contributed by atoms with van der Waals surface area (Å²) in [6.45, 7) is 0. The number of carbonyl (C=O) groups is 2. The fraction of sp³-hybridized carbons (Fsp3) is 0.0476. The van der Waals surface area contributed by atoms with Crippen molar-refractivity contribution in [1.29, 1.82) is 0 Å². The molecule has 2 amide bonds. The molecule has 2 N–H and O–H groups in total. The van der Waals surface area contributed by atoms with Gasteiger partial charge in [0.15, 0.2) is 5.16 Å². The van der Waals surface area contributed by atoms with E-state index in [1.807, 2.05) is 53.4 Å². The molecular formula is C21H17N5O2S. The molecule has 0 fully saturated rings. The molecule has 0 aliphatic rings. The third kappa shape index (κ3) is 3.97. The summed E-state index contributed by atoms with van der Waals surface area (Å²) in [6, 6.07) is 18.0. The van der Waals surface area contributed by atoms with Gasteiger partial charge in [-0.1, -0.05) is 42.1 Å². The highest BCUT2D eigenvalue weighted by atomic mass is 32.2. The van der Waals surface area contributed by atoms with Crippen LogP contribution in [0, 0.1) is 0 Å². The summed E-state index contributed by atoms with van der Waals surface area (Å²) in [6.07, 6.45) is 5.47. The molecular weight excluding hydrogens is 386 g/mol. The van der Waals surface area contributed by atoms with Crippen molar-refractivity contribution in [1.82, 2.24) is 25.4 Å². The average Bonchev–Trinajstić information content (AvgIpc) is 3.26. The van der Waals surface area contributed by atoms with E-state index in [0.717, 1.165) is 16.2 Å². The normalized spacial score (nSPS) is 10.7. The number of aromatic nitrogens is 3. The van der Waals surface area contributed by atoms with Gasteiger partial charge in [-0.25, -0.2) is 9.97 Å². The van der Waals surface area contributed by atoms with E-state index in [-0.39, 0.29) is 5.69 Å². The maximum Gasteiger partial charge on any atom is 0.288 e. The summed E-state index contributed by atoms with van der Waals surface area (Å²) in [5, 5.41) is 1.76. The molecule has 0 radical (unpaired) electrons. The zero-order valence-corrected chi connectivity index (χ0v) is 16.3. The number of nitrogens with zero attached hydrogens (tertiary/aromatic N) is 3. The first-order chi connectivity index (χ1) is 14.2. The highest BCUT2D eigenvalue weighted by Gasteiger charge is 2.12. The van der Waals surface area contributed by atoms with Crippen molar-refractivity contribution >= 4 is 34.5 Å². The van der Waals surface area contributed by atoms with Crippen LogP contribution in [0.4, 0.5) is 0 Å². The van der Waals surface area contributed by atoms with Crippen LogP contribution in [0.5, 0.6) is 0 Å². The zero-order valence-electron chi connectivity index (χ0n) is 15.5. The van der Waals surface area contributed by atoms with Gasteiger partial charge in [0.05, 0.1) is 5.52 Å². The predicted molar refractivity (Wildman–Crippen MR) is 112 cm³/mol. The molecule has 0 saturated carbocycles. The molecule has 0 spiro atoms. The van der Waals surface area contributed by atoms with Gasteiger partial charge in [-0.3, -0.25) is 25.0 Å². The average molecular weight is 403 g/mol. The van der Waals surface area contributed by atoms with Crippen molar-refractivity contribution in [2.24, 2.45) is 0 Å². The third-order valence-electron chi connectivity index (χ3n) is 4.30. The zero-order chi connectivity index (χ0) is 20.2. The molecule has 0 atom stereocenters. The van der Waals surface area contributed by atoms with Crippen molar-refractivity contribution in [3.05, 3.63) is 84.3 Å². The van der Waals surface area contributed by atoms with Crippen molar-refractivity contribution in [3.63, 3.8) is 0 Å². The summed E-state index contributed by atoms with van der Waals surface area (Å²) < 4.78 is 1.89. The Hall–Kier alpha value is -3.65. The van der Waals surface area contributed by atoms with E-state index in [0.29, 0.717) is 11.1 Å². The number of para-hydroxylation sites is 1. The van der Waals surface area contributed by atoms with Gasteiger partial charge in [0, 0.05) is 29.0 Å². The largest absolute Gasteiger partial charge is 0.295 e. The fourth-order valence-corrected chi connectivity index (χ4v) is 3.41. The lowest BCUT2D eigenvalue weighted by Crippen LogP contribution is -2.42. The number of amides is 2. The first-order valence-corrected chi connectivity index (χ1v) is 10.0. The van der Waals surface area contributed by atoms with Crippen LogP contribution in [0.1, 0.15) is 20.8 Å². The van der Waals surface area contributed by atoms with Gasteiger partial charge in [-0.15, -0.1) is 0 Å². The van der Waals surface area contributed by atoms with Crippen LogP contribution in [0.25, 0.3) is 16.6 Å². The van der Waals surface area contributed by atoms with Gasteiger partial charge in [-0.2, -0.15) is 0 Å². The van der Waals surface area contributed by atoms with Gasteiger partial charge in [0.2, 0.25) is 0 Å². The Morgan fingerprint density at radius 1 is 0.966 bits per heavy atom. The Balaban J connectivity index is 1.46. The minimum atomic E-state index is -0.487. The number of pyridine rings is 1. The van der Waals surface area contributed by atoms with E-state index in [9.17, 15) is 9.59 Å². The molecule has 4 aromatic rings. The molecule has 0 bridgehead atoms. The first-order valence-electron chi connectivity index (χ1n) is 8.80. The van der Waals surface area contributed by atoms with Gasteiger partial charge in [0.25, 0.3) is 11.8 Å². The van der Waals surface area contributed by atoms with E-state index in [1.165, 1.54) is 11.8 Å². The minimum absolute atomic E-state index is 0.223. The molecule has 4 rings (SSSR count). The molecule has 8 heteroatoms. The molecule has 0 aliphatic heterocycles. The minimum Gasteiger partial charge on any atom is -0.295 e. The number of thioether (sulfide) groups is 1. The predicted octanol–water partition coefficient (Wildman–Crippen LogP) is 3.22. The molecule has 7 nitrogen and oxygen atoms in total. The molecule has 144 valence electrons. The molecule has 0 aliphatic carbocycles. The monoisotopic (exact) mass is 403 g/mol. The lowest BCUT2D eigenvalue weighted by atomic mass is 10.2. The van der Waals surface area contributed by atoms with Crippen LogP contribution in [-0.2, 0) is 0 Å². The number of carbonyl (C=O) groups excluding carboxylic acids is 2. The second-order valence-electron chi connectivity index (χ2n) is 6.13. The van der Waals surface area contributed by atoms with Gasteiger partial charge in [0.1, 0.15) is 5.69 Å². The second-order valence-corrected chi connectivity index (χ2v) is 6.91. The third-order valence-corrected chi connectivity index (χ3v) is 4.96. The summed E-state index contributed by atoms with van der Waals surface area (Å²) in [5.41, 5.74) is 7.01. The number of hydrazine groups is 1. The number of hydrogen-bond donors (Lipinski definition) is 2. The number of hydrogen-bond acceptors (Lipinski definition) is 5. The molecule has 2 aromatic carbocycles. The highest BCUT2D eigenvalue weighted by molar-refractivity contribution is 7.98. The van der Waals surface area contributed by atoms with E-state index in [4.69, 9.17) is 0 Å². The van der Waals surface area contributed by atoms with Crippen molar-refractivity contribution in [3.8, 4) is 5.69 Å². The Morgan fingerprint density at radius 3 is 2.66 bits per heavy atom. The van der Waals surface area contributed by atoms with Crippen LogP contribution in [0.3, 0.4) is 0 Å². The SMILES string of the molecule is CSc1nccn1-c1cccc(C(=O)NNC(=O)c2ccc3ccccc3n2)c1. The lowest BCUT2D eigenvalue weighted by Gasteiger charge is -2.10. The van der Waals surface area contributed by atoms with Gasteiger partial charge >= 0.3 is 0 Å². The number of fused-ring (bicyclic) bond motifs is 1. The number of nitrogens with one attached hydrogen (secondary N) is 2. The summed E-state index contributed by atoms with van der Waals surface area (Å²) in [4.78, 5) is 33.4. The molecule has 0 unspecified atom stereocenters. The van der Waals surface area contributed by atoms with Crippen molar-refractivity contribution in [2.45, 2.75) is 5.16 Å². The highest BCUT2D eigenvalue weighted by Crippen LogP contribution is 2.19. The smallest absolute Gasteiger partial charge is 0.288 e. The van der Waals surface area contributed by atoms with E-state index in [1.54, 1.807) is 30.5 Å². The van der Waals surface area contributed by atoms with Crippen molar-refractivity contribution in [2.75, 3.05) is 6.26 Å². The second kappa shape index (κ2) is 8.15. The van der Waals surface area contributed by atoms with Gasteiger partial charge < -0.3 is 0 Å². The quantitative estimate of drug-likeness (QED) is 0.403. The lowest BCUT2D eigenvalue weighted by molar-refractivity contribution is 0.0844. The Labute approximate surface area is 171 Å². The summed E-state index contributed by atoms with van der Waals surface area (Å²) in [7, 11) is 0.